The molecule has 188 valence electrons. The zero-order valence-electron chi connectivity index (χ0n) is 19.8. The second-order valence-electron chi connectivity index (χ2n) is 9.66. The summed E-state index contributed by atoms with van der Waals surface area (Å²) in [6, 6.07) is 11.6. The second-order valence-corrected chi connectivity index (χ2v) is 10.5. The lowest BCUT2D eigenvalue weighted by Crippen LogP contribution is -2.51. The van der Waals surface area contributed by atoms with Crippen molar-refractivity contribution in [3.05, 3.63) is 63.9 Å². The summed E-state index contributed by atoms with van der Waals surface area (Å²) in [7, 11) is 0. The van der Waals surface area contributed by atoms with E-state index in [9.17, 15) is 14.0 Å². The van der Waals surface area contributed by atoms with Crippen molar-refractivity contribution in [1.82, 2.24) is 9.80 Å². The van der Waals surface area contributed by atoms with E-state index in [0.717, 1.165) is 45.2 Å². The van der Waals surface area contributed by atoms with Gasteiger partial charge in [0.1, 0.15) is 11.6 Å². The van der Waals surface area contributed by atoms with E-state index in [1.807, 2.05) is 17.0 Å². The predicted octanol–water partition coefficient (Wildman–Crippen LogP) is 5.77. The first-order valence-electron chi connectivity index (χ1n) is 12.2. The second kappa shape index (κ2) is 11.6. The summed E-state index contributed by atoms with van der Waals surface area (Å²) >= 11 is 12.3. The fourth-order valence-electron chi connectivity index (χ4n) is 5.07. The van der Waals surface area contributed by atoms with Crippen LogP contribution in [0.4, 0.5) is 4.39 Å². The lowest BCUT2D eigenvalue weighted by molar-refractivity contribution is -0.141. The SMILES string of the molecule is O=C(C[C@@]1(COc2cccc(Cl)c2)CCCN(C(=O)Cc2c(F)cccc2Cl)C1)N1CCCCC1. The highest BCUT2D eigenvalue weighted by molar-refractivity contribution is 6.31. The maximum absolute atomic E-state index is 14.3. The Labute approximate surface area is 216 Å². The van der Waals surface area contributed by atoms with E-state index in [-0.39, 0.29) is 35.4 Å². The Morgan fingerprint density at radius 3 is 2.43 bits per heavy atom. The van der Waals surface area contributed by atoms with Gasteiger partial charge >= 0.3 is 0 Å². The highest BCUT2D eigenvalue weighted by Crippen LogP contribution is 2.36. The molecule has 5 nitrogen and oxygen atoms in total. The fourth-order valence-corrected chi connectivity index (χ4v) is 5.48. The number of halogens is 3. The van der Waals surface area contributed by atoms with Gasteiger partial charge in [-0.25, -0.2) is 4.39 Å². The minimum absolute atomic E-state index is 0.103. The third kappa shape index (κ3) is 6.68. The van der Waals surface area contributed by atoms with Crippen LogP contribution in [-0.4, -0.2) is 54.4 Å². The minimum Gasteiger partial charge on any atom is -0.493 e. The largest absolute Gasteiger partial charge is 0.493 e. The van der Waals surface area contributed by atoms with Crippen LogP contribution in [0.15, 0.2) is 42.5 Å². The zero-order chi connectivity index (χ0) is 24.8. The number of benzene rings is 2. The molecule has 8 heteroatoms. The van der Waals surface area contributed by atoms with Crippen LogP contribution in [0, 0.1) is 11.2 Å². The van der Waals surface area contributed by atoms with E-state index in [0.29, 0.717) is 30.3 Å². The third-order valence-corrected chi connectivity index (χ3v) is 7.57. The van der Waals surface area contributed by atoms with Crippen LogP contribution in [0.2, 0.25) is 10.0 Å². The summed E-state index contributed by atoms with van der Waals surface area (Å²) in [6.45, 7) is 2.77. The molecule has 0 aromatic heterocycles. The Morgan fingerprint density at radius 1 is 0.943 bits per heavy atom. The van der Waals surface area contributed by atoms with Gasteiger partial charge in [-0.15, -0.1) is 0 Å². The first kappa shape index (κ1) is 25.8. The fraction of sp³-hybridized carbons (Fsp3) is 0.481. The molecule has 35 heavy (non-hydrogen) atoms. The number of rotatable bonds is 7. The summed E-state index contributed by atoms with van der Waals surface area (Å²) in [4.78, 5) is 30.2. The molecule has 0 N–H and O–H groups in total. The van der Waals surface area contributed by atoms with E-state index in [1.165, 1.54) is 12.1 Å². The highest BCUT2D eigenvalue weighted by Gasteiger charge is 2.41. The van der Waals surface area contributed by atoms with E-state index in [4.69, 9.17) is 27.9 Å². The van der Waals surface area contributed by atoms with Crippen LogP contribution in [0.3, 0.4) is 0 Å². The monoisotopic (exact) mass is 520 g/mol. The first-order valence-corrected chi connectivity index (χ1v) is 13.0. The lowest BCUT2D eigenvalue weighted by Gasteiger charge is -2.43. The zero-order valence-corrected chi connectivity index (χ0v) is 21.3. The Bertz CT molecular complexity index is 1040. The van der Waals surface area contributed by atoms with E-state index in [1.54, 1.807) is 23.1 Å². The van der Waals surface area contributed by atoms with Gasteiger partial charge in [-0.05, 0) is 62.4 Å². The van der Waals surface area contributed by atoms with Crippen LogP contribution in [-0.2, 0) is 16.0 Å². The number of amides is 2. The average Bonchev–Trinajstić information content (AvgIpc) is 2.86. The molecule has 2 amide bonds. The van der Waals surface area contributed by atoms with Gasteiger partial charge < -0.3 is 14.5 Å². The minimum atomic E-state index is -0.538. The lowest BCUT2D eigenvalue weighted by atomic mass is 9.77. The average molecular weight is 521 g/mol. The van der Waals surface area contributed by atoms with Crippen LogP contribution < -0.4 is 4.74 Å². The van der Waals surface area contributed by atoms with Crippen molar-refractivity contribution in [3.63, 3.8) is 0 Å². The molecule has 2 aromatic rings. The van der Waals surface area contributed by atoms with Gasteiger partial charge in [0, 0.05) is 53.6 Å². The molecule has 0 radical (unpaired) electrons. The number of carbonyl (C=O) groups is 2. The smallest absolute Gasteiger partial charge is 0.227 e. The Morgan fingerprint density at radius 2 is 1.69 bits per heavy atom. The summed E-state index contributed by atoms with van der Waals surface area (Å²) in [6.07, 6.45) is 4.88. The van der Waals surface area contributed by atoms with Crippen molar-refractivity contribution in [2.45, 2.75) is 44.9 Å². The molecular formula is C27H31Cl2FN2O3. The molecule has 4 rings (SSSR count). The maximum atomic E-state index is 14.3. The molecule has 2 aliphatic heterocycles. The Kier molecular flexibility index (Phi) is 8.55. The van der Waals surface area contributed by atoms with Gasteiger partial charge in [-0.2, -0.15) is 0 Å². The predicted molar refractivity (Wildman–Crippen MR) is 135 cm³/mol. The number of likely N-dealkylation sites (tertiary alicyclic amines) is 2. The van der Waals surface area contributed by atoms with Gasteiger partial charge in [-0.1, -0.05) is 35.3 Å². The van der Waals surface area contributed by atoms with Gasteiger partial charge in [0.05, 0.1) is 13.0 Å². The number of ether oxygens (including phenoxy) is 1. The van der Waals surface area contributed by atoms with Crippen LogP contribution >= 0.6 is 23.2 Å². The topological polar surface area (TPSA) is 49.9 Å². The summed E-state index contributed by atoms with van der Waals surface area (Å²) in [5, 5.41) is 0.814. The van der Waals surface area contributed by atoms with Crippen molar-refractivity contribution in [1.29, 1.82) is 0 Å². The third-order valence-electron chi connectivity index (χ3n) is 6.98. The van der Waals surface area contributed by atoms with Gasteiger partial charge in [0.25, 0.3) is 0 Å². The molecule has 0 unspecified atom stereocenters. The quantitative estimate of drug-likeness (QED) is 0.465. The van der Waals surface area contributed by atoms with Crippen molar-refractivity contribution < 1.29 is 18.7 Å². The number of piperidine rings is 2. The van der Waals surface area contributed by atoms with E-state index < -0.39 is 11.2 Å². The number of hydrogen-bond donors (Lipinski definition) is 0. The van der Waals surface area contributed by atoms with Crippen LogP contribution in [0.1, 0.15) is 44.1 Å². The van der Waals surface area contributed by atoms with Crippen LogP contribution in [0.5, 0.6) is 5.75 Å². The summed E-state index contributed by atoms with van der Waals surface area (Å²) < 4.78 is 20.4. The van der Waals surface area contributed by atoms with E-state index in [2.05, 4.69) is 0 Å². The number of carbonyl (C=O) groups excluding carboxylic acids is 2. The Hall–Kier alpha value is -2.31. The maximum Gasteiger partial charge on any atom is 0.227 e. The van der Waals surface area contributed by atoms with Gasteiger partial charge in [0.15, 0.2) is 0 Å². The molecule has 0 aliphatic carbocycles. The van der Waals surface area contributed by atoms with E-state index >= 15 is 0 Å². The normalized spacial score (nSPS) is 20.5. The highest BCUT2D eigenvalue weighted by atomic mass is 35.5. The standard InChI is InChI=1S/C27H31Cl2FN2O3/c28-20-7-4-8-21(15-20)35-19-27(17-26(34)31-12-2-1-3-13-31)11-6-14-32(18-27)25(33)16-22-23(29)9-5-10-24(22)30/h4-5,7-10,15H,1-3,6,11-14,16-19H2/t27-/m0/s1. The van der Waals surface area contributed by atoms with Crippen molar-refractivity contribution >= 4 is 35.0 Å². The summed E-state index contributed by atoms with van der Waals surface area (Å²) in [5.74, 6) is 0.0441. The number of nitrogens with zero attached hydrogens (tertiary/aromatic N) is 2. The first-order chi connectivity index (χ1) is 16.8. The molecule has 0 bridgehead atoms. The molecular weight excluding hydrogens is 490 g/mol. The summed E-state index contributed by atoms with van der Waals surface area (Å²) in [5.41, 5.74) is -0.334. The van der Waals surface area contributed by atoms with Gasteiger partial charge in [0.2, 0.25) is 11.8 Å². The molecule has 2 aromatic carbocycles. The molecule has 2 aliphatic rings. The molecule has 0 saturated carbocycles. The van der Waals surface area contributed by atoms with Crippen molar-refractivity contribution in [2.24, 2.45) is 5.41 Å². The molecule has 1 atom stereocenters. The molecule has 0 spiro atoms. The number of hydrogen-bond acceptors (Lipinski definition) is 3. The Balaban J connectivity index is 1.51. The molecule has 2 heterocycles. The van der Waals surface area contributed by atoms with Crippen molar-refractivity contribution in [3.8, 4) is 5.75 Å². The van der Waals surface area contributed by atoms with Crippen LogP contribution in [0.25, 0.3) is 0 Å². The molecule has 2 saturated heterocycles. The van der Waals surface area contributed by atoms with Gasteiger partial charge in [-0.3, -0.25) is 9.59 Å². The van der Waals surface area contributed by atoms with Crippen molar-refractivity contribution in [2.75, 3.05) is 32.8 Å². The molecule has 2 fully saturated rings.